The van der Waals surface area contributed by atoms with E-state index >= 15 is 0 Å². The van der Waals surface area contributed by atoms with E-state index < -0.39 is 5.82 Å². The molecule has 0 fully saturated rings. The Morgan fingerprint density at radius 1 is 1.22 bits per heavy atom. The number of nitrogens with zero attached hydrogens (tertiary/aromatic N) is 1. The van der Waals surface area contributed by atoms with E-state index in [2.05, 4.69) is 12.2 Å². The van der Waals surface area contributed by atoms with Crippen LogP contribution >= 0.6 is 0 Å². The van der Waals surface area contributed by atoms with Gasteiger partial charge < -0.3 is 10.2 Å². The Labute approximate surface area is 108 Å². The minimum atomic E-state index is -0.405. The zero-order valence-corrected chi connectivity index (χ0v) is 11.1. The minimum Gasteiger partial charge on any atom is -0.325 e. The number of halogens is 1. The molecule has 1 aromatic carbocycles. The Morgan fingerprint density at radius 2 is 1.94 bits per heavy atom. The van der Waals surface area contributed by atoms with Crippen molar-refractivity contribution in [2.75, 3.05) is 18.4 Å². The Balaban J connectivity index is 2.63. The second-order valence-corrected chi connectivity index (χ2v) is 4.25. The van der Waals surface area contributed by atoms with Crippen LogP contribution in [-0.2, 0) is 0 Å². The maximum Gasteiger partial charge on any atom is 0.321 e. The quantitative estimate of drug-likeness (QED) is 0.819. The second kappa shape index (κ2) is 7.69. The SMILES string of the molecule is CCCCN(CCC)C(=O)Nc1ccccc1F. The molecule has 0 aliphatic carbocycles. The molecule has 0 aliphatic heterocycles. The van der Waals surface area contributed by atoms with Crippen LogP contribution in [0, 0.1) is 5.82 Å². The molecule has 0 heterocycles. The van der Waals surface area contributed by atoms with Crippen molar-refractivity contribution in [3.63, 3.8) is 0 Å². The van der Waals surface area contributed by atoms with Gasteiger partial charge in [-0.1, -0.05) is 32.4 Å². The van der Waals surface area contributed by atoms with Gasteiger partial charge in [0.05, 0.1) is 5.69 Å². The predicted octanol–water partition coefficient (Wildman–Crippen LogP) is 3.87. The molecule has 0 spiro atoms. The first-order valence-electron chi connectivity index (χ1n) is 6.49. The third-order valence-corrected chi connectivity index (χ3v) is 2.68. The molecule has 0 saturated carbocycles. The number of unbranched alkanes of at least 4 members (excludes halogenated alkanes) is 1. The van der Waals surface area contributed by atoms with Crippen LogP contribution in [0.3, 0.4) is 0 Å². The number of hydrogen-bond donors (Lipinski definition) is 1. The summed E-state index contributed by atoms with van der Waals surface area (Å²) in [5, 5.41) is 2.62. The number of carbonyl (C=O) groups is 1. The molecule has 18 heavy (non-hydrogen) atoms. The van der Waals surface area contributed by atoms with E-state index in [1.54, 1.807) is 23.1 Å². The molecule has 100 valence electrons. The summed E-state index contributed by atoms with van der Waals surface area (Å²) in [5.41, 5.74) is 0.236. The molecule has 0 atom stereocenters. The molecule has 1 N–H and O–H groups in total. The highest BCUT2D eigenvalue weighted by molar-refractivity contribution is 5.89. The average molecular weight is 252 g/mol. The number of hydrogen-bond acceptors (Lipinski definition) is 1. The molecule has 0 radical (unpaired) electrons. The second-order valence-electron chi connectivity index (χ2n) is 4.25. The van der Waals surface area contributed by atoms with Crippen LogP contribution in [0.15, 0.2) is 24.3 Å². The number of anilines is 1. The van der Waals surface area contributed by atoms with E-state index in [1.807, 2.05) is 6.92 Å². The Bertz CT molecular complexity index is 382. The number of nitrogens with one attached hydrogen (secondary N) is 1. The zero-order valence-electron chi connectivity index (χ0n) is 11.1. The van der Waals surface area contributed by atoms with Crippen LogP contribution in [-0.4, -0.2) is 24.0 Å². The highest BCUT2D eigenvalue weighted by Gasteiger charge is 2.13. The topological polar surface area (TPSA) is 32.3 Å². The lowest BCUT2D eigenvalue weighted by Gasteiger charge is -2.22. The van der Waals surface area contributed by atoms with Gasteiger partial charge in [0.1, 0.15) is 5.82 Å². The van der Waals surface area contributed by atoms with Crippen molar-refractivity contribution in [1.29, 1.82) is 0 Å². The molecule has 3 nitrogen and oxygen atoms in total. The van der Waals surface area contributed by atoms with Crippen molar-refractivity contribution in [2.24, 2.45) is 0 Å². The number of para-hydroxylation sites is 1. The summed E-state index contributed by atoms with van der Waals surface area (Å²) in [7, 11) is 0. The number of urea groups is 1. The van der Waals surface area contributed by atoms with E-state index in [4.69, 9.17) is 0 Å². The molecule has 0 bridgehead atoms. The average Bonchev–Trinajstić information content (AvgIpc) is 2.37. The monoisotopic (exact) mass is 252 g/mol. The van der Waals surface area contributed by atoms with Gasteiger partial charge in [-0.25, -0.2) is 9.18 Å². The minimum absolute atomic E-state index is 0.226. The molecular weight excluding hydrogens is 231 g/mol. The molecule has 0 unspecified atom stereocenters. The first-order valence-corrected chi connectivity index (χ1v) is 6.49. The van der Waals surface area contributed by atoms with Crippen molar-refractivity contribution >= 4 is 11.7 Å². The van der Waals surface area contributed by atoms with Gasteiger partial charge in [-0.3, -0.25) is 0 Å². The number of amides is 2. The summed E-state index contributed by atoms with van der Waals surface area (Å²) in [4.78, 5) is 13.7. The molecule has 0 aliphatic rings. The van der Waals surface area contributed by atoms with Gasteiger partial charge in [0.15, 0.2) is 0 Å². The van der Waals surface area contributed by atoms with Crippen LogP contribution in [0.5, 0.6) is 0 Å². The summed E-state index contributed by atoms with van der Waals surface area (Å²) in [6.07, 6.45) is 2.90. The van der Waals surface area contributed by atoms with Crippen molar-refractivity contribution in [3.8, 4) is 0 Å². The number of benzene rings is 1. The van der Waals surface area contributed by atoms with Crippen LogP contribution < -0.4 is 5.32 Å². The van der Waals surface area contributed by atoms with Gasteiger partial charge in [0.25, 0.3) is 0 Å². The van der Waals surface area contributed by atoms with Crippen molar-refractivity contribution < 1.29 is 9.18 Å². The highest BCUT2D eigenvalue weighted by atomic mass is 19.1. The largest absolute Gasteiger partial charge is 0.325 e. The molecule has 0 aromatic heterocycles. The molecule has 2 amide bonds. The van der Waals surface area contributed by atoms with E-state index in [1.165, 1.54) is 6.07 Å². The molecule has 1 rings (SSSR count). The summed E-state index contributed by atoms with van der Waals surface area (Å²) in [5.74, 6) is -0.405. The third kappa shape index (κ3) is 4.35. The van der Waals surface area contributed by atoms with E-state index in [-0.39, 0.29) is 11.7 Å². The van der Waals surface area contributed by atoms with Crippen molar-refractivity contribution in [3.05, 3.63) is 30.1 Å². The van der Waals surface area contributed by atoms with Gasteiger partial charge in [-0.15, -0.1) is 0 Å². The summed E-state index contributed by atoms with van der Waals surface area (Å²) in [6, 6.07) is 5.99. The lowest BCUT2D eigenvalue weighted by Crippen LogP contribution is -2.36. The fourth-order valence-electron chi connectivity index (χ4n) is 1.69. The summed E-state index contributed by atoms with van der Waals surface area (Å²) in [6.45, 7) is 5.51. The van der Waals surface area contributed by atoms with Gasteiger partial charge in [-0.2, -0.15) is 0 Å². The van der Waals surface area contributed by atoms with Crippen molar-refractivity contribution in [1.82, 2.24) is 4.90 Å². The van der Waals surface area contributed by atoms with Gasteiger partial charge >= 0.3 is 6.03 Å². The highest BCUT2D eigenvalue weighted by Crippen LogP contribution is 2.13. The van der Waals surface area contributed by atoms with Crippen LogP contribution in [0.2, 0.25) is 0 Å². The third-order valence-electron chi connectivity index (χ3n) is 2.68. The fourth-order valence-corrected chi connectivity index (χ4v) is 1.69. The van der Waals surface area contributed by atoms with E-state index in [0.717, 1.165) is 19.3 Å². The van der Waals surface area contributed by atoms with Crippen LogP contribution in [0.25, 0.3) is 0 Å². The predicted molar refractivity (Wildman–Crippen MR) is 72.2 cm³/mol. The summed E-state index contributed by atoms with van der Waals surface area (Å²) >= 11 is 0. The Hall–Kier alpha value is -1.58. The number of carbonyl (C=O) groups excluding carboxylic acids is 1. The standard InChI is InChI=1S/C14H21FN2O/c1-3-5-11-17(10-4-2)14(18)16-13-9-7-6-8-12(13)15/h6-9H,3-5,10-11H2,1-2H3,(H,16,18). The summed E-state index contributed by atoms with van der Waals surface area (Å²) < 4.78 is 13.4. The smallest absolute Gasteiger partial charge is 0.321 e. The normalized spacial score (nSPS) is 10.2. The number of rotatable bonds is 6. The molecule has 1 aromatic rings. The van der Waals surface area contributed by atoms with Crippen LogP contribution in [0.4, 0.5) is 14.9 Å². The van der Waals surface area contributed by atoms with Gasteiger partial charge in [0.2, 0.25) is 0 Å². The Kier molecular flexibility index (Phi) is 6.19. The first kappa shape index (κ1) is 14.5. The van der Waals surface area contributed by atoms with Gasteiger partial charge in [-0.05, 0) is 25.0 Å². The van der Waals surface area contributed by atoms with Crippen LogP contribution in [0.1, 0.15) is 33.1 Å². The maximum atomic E-state index is 13.4. The molecule has 0 saturated heterocycles. The maximum absolute atomic E-state index is 13.4. The zero-order chi connectivity index (χ0) is 13.4. The lowest BCUT2D eigenvalue weighted by atomic mass is 10.3. The van der Waals surface area contributed by atoms with Crippen molar-refractivity contribution in [2.45, 2.75) is 33.1 Å². The van der Waals surface area contributed by atoms with E-state index in [9.17, 15) is 9.18 Å². The molecular formula is C14H21FN2O. The van der Waals surface area contributed by atoms with E-state index in [0.29, 0.717) is 13.1 Å². The Morgan fingerprint density at radius 3 is 2.56 bits per heavy atom. The molecule has 4 heteroatoms. The first-order chi connectivity index (χ1) is 8.69. The lowest BCUT2D eigenvalue weighted by molar-refractivity contribution is 0.210. The van der Waals surface area contributed by atoms with Gasteiger partial charge in [0, 0.05) is 13.1 Å². The fraction of sp³-hybridized carbons (Fsp3) is 0.500.